The van der Waals surface area contributed by atoms with Crippen molar-refractivity contribution >= 4 is 21.8 Å². The van der Waals surface area contributed by atoms with E-state index in [1.807, 2.05) is 0 Å². The first kappa shape index (κ1) is 17.5. The highest BCUT2D eigenvalue weighted by Gasteiger charge is 2.39. The van der Waals surface area contributed by atoms with Crippen LogP contribution in [0.25, 0.3) is 6.08 Å². The second-order valence-electron chi connectivity index (χ2n) is 5.37. The van der Waals surface area contributed by atoms with Crippen molar-refractivity contribution in [2.45, 2.75) is 25.1 Å². The van der Waals surface area contributed by atoms with Gasteiger partial charge in [-0.15, -0.1) is 0 Å². The lowest BCUT2D eigenvalue weighted by atomic mass is 10.1. The summed E-state index contributed by atoms with van der Waals surface area (Å²) in [6.07, 6.45) is -3.75. The van der Waals surface area contributed by atoms with E-state index in [1.54, 1.807) is 18.2 Å². The van der Waals surface area contributed by atoms with Crippen LogP contribution in [0.1, 0.15) is 18.4 Å². The molecule has 0 bridgehead atoms. The topological polar surface area (TPSA) is 63.2 Å². The van der Waals surface area contributed by atoms with Gasteiger partial charge in [0.15, 0.2) is 0 Å². The molecule has 1 heterocycles. The molecule has 1 aliphatic rings. The molecule has 4 nitrogen and oxygen atoms in total. The minimum atomic E-state index is -4.79. The van der Waals surface area contributed by atoms with E-state index in [9.17, 15) is 26.4 Å². The Kier molecular flexibility index (Phi) is 5.13. The summed E-state index contributed by atoms with van der Waals surface area (Å²) in [6.45, 7) is 0. The molecule has 0 atom stereocenters. The van der Waals surface area contributed by atoms with E-state index in [1.165, 1.54) is 12.1 Å². The molecule has 1 amide bonds. The van der Waals surface area contributed by atoms with Gasteiger partial charge in [0.1, 0.15) is 15.4 Å². The van der Waals surface area contributed by atoms with Crippen molar-refractivity contribution in [3.63, 3.8) is 0 Å². The van der Waals surface area contributed by atoms with Crippen LogP contribution < -0.4 is 5.32 Å². The molecular weight excluding hydrogens is 331 g/mol. The van der Waals surface area contributed by atoms with Crippen LogP contribution in [0.2, 0.25) is 0 Å². The SMILES string of the molecule is O=C(NC1CCS(=O)(=O)CC1)C(=Cc1ccccc1)C(F)(F)F. The third kappa shape index (κ3) is 5.09. The molecule has 0 saturated carbocycles. The van der Waals surface area contributed by atoms with Gasteiger partial charge < -0.3 is 5.32 Å². The standard InChI is InChI=1S/C15H16F3NO3S/c16-15(17,18)13(10-11-4-2-1-3-5-11)14(20)19-12-6-8-23(21,22)9-7-12/h1-5,10,12H,6-9H2,(H,19,20). The molecule has 1 aliphatic heterocycles. The molecule has 126 valence electrons. The Hall–Kier alpha value is -1.83. The summed E-state index contributed by atoms with van der Waals surface area (Å²) in [6, 6.07) is 7.17. The summed E-state index contributed by atoms with van der Waals surface area (Å²) in [4.78, 5) is 12.0. The molecule has 2 rings (SSSR count). The fourth-order valence-corrected chi connectivity index (χ4v) is 3.78. The highest BCUT2D eigenvalue weighted by atomic mass is 32.2. The molecule has 0 aromatic heterocycles. The number of benzene rings is 1. The average Bonchev–Trinajstić information content (AvgIpc) is 2.47. The van der Waals surface area contributed by atoms with Gasteiger partial charge in [-0.3, -0.25) is 4.79 Å². The number of hydrogen-bond donors (Lipinski definition) is 1. The van der Waals surface area contributed by atoms with Crippen molar-refractivity contribution in [3.8, 4) is 0 Å². The maximum atomic E-state index is 13.1. The van der Waals surface area contributed by atoms with Gasteiger partial charge in [0, 0.05) is 6.04 Å². The summed E-state index contributed by atoms with van der Waals surface area (Å²) in [5, 5.41) is 2.29. The molecule has 1 aromatic carbocycles. The van der Waals surface area contributed by atoms with Gasteiger partial charge in [0.05, 0.1) is 11.5 Å². The van der Waals surface area contributed by atoms with E-state index in [2.05, 4.69) is 5.32 Å². The second-order valence-corrected chi connectivity index (χ2v) is 7.67. The number of halogens is 3. The van der Waals surface area contributed by atoms with Gasteiger partial charge in [0.2, 0.25) is 0 Å². The van der Waals surface area contributed by atoms with E-state index in [0.29, 0.717) is 0 Å². The zero-order chi connectivity index (χ0) is 17.1. The quantitative estimate of drug-likeness (QED) is 0.854. The molecule has 0 spiro atoms. The fourth-order valence-electron chi connectivity index (χ4n) is 2.29. The second kappa shape index (κ2) is 6.74. The summed E-state index contributed by atoms with van der Waals surface area (Å²) < 4.78 is 61.9. The van der Waals surface area contributed by atoms with Gasteiger partial charge >= 0.3 is 6.18 Å². The first-order valence-corrected chi connectivity index (χ1v) is 8.85. The van der Waals surface area contributed by atoms with E-state index < -0.39 is 33.5 Å². The van der Waals surface area contributed by atoms with Crippen molar-refractivity contribution in [3.05, 3.63) is 41.5 Å². The highest BCUT2D eigenvalue weighted by molar-refractivity contribution is 7.91. The van der Waals surface area contributed by atoms with Crippen molar-refractivity contribution < 1.29 is 26.4 Å². The number of hydrogen-bond acceptors (Lipinski definition) is 3. The normalized spacial score (nSPS) is 19.3. The molecule has 0 aliphatic carbocycles. The zero-order valence-electron chi connectivity index (χ0n) is 12.1. The van der Waals surface area contributed by atoms with E-state index >= 15 is 0 Å². The number of carbonyl (C=O) groups excluding carboxylic acids is 1. The fraction of sp³-hybridized carbons (Fsp3) is 0.400. The maximum absolute atomic E-state index is 13.1. The predicted octanol–water partition coefficient (Wildman–Crippen LogP) is 2.33. The molecule has 1 N–H and O–H groups in total. The molecule has 8 heteroatoms. The Morgan fingerprint density at radius 1 is 1.13 bits per heavy atom. The van der Waals surface area contributed by atoms with Gasteiger partial charge in [-0.05, 0) is 24.5 Å². The molecule has 0 radical (unpaired) electrons. The van der Waals surface area contributed by atoms with Gasteiger partial charge in [-0.25, -0.2) is 8.42 Å². The van der Waals surface area contributed by atoms with Gasteiger partial charge in [0.25, 0.3) is 5.91 Å². The Morgan fingerprint density at radius 3 is 2.22 bits per heavy atom. The zero-order valence-corrected chi connectivity index (χ0v) is 13.0. The summed E-state index contributed by atoms with van der Waals surface area (Å²) in [7, 11) is -3.14. The van der Waals surface area contributed by atoms with Crippen molar-refractivity contribution in [2.24, 2.45) is 0 Å². The first-order chi connectivity index (χ1) is 10.7. The van der Waals surface area contributed by atoms with E-state index in [-0.39, 0.29) is 29.9 Å². The van der Waals surface area contributed by atoms with Crippen LogP contribution in [0.3, 0.4) is 0 Å². The van der Waals surface area contributed by atoms with Gasteiger partial charge in [-0.1, -0.05) is 30.3 Å². The van der Waals surface area contributed by atoms with Crippen LogP contribution in [0.4, 0.5) is 13.2 Å². The minimum Gasteiger partial charge on any atom is -0.349 e. The molecule has 1 aromatic rings. The monoisotopic (exact) mass is 347 g/mol. The van der Waals surface area contributed by atoms with Crippen molar-refractivity contribution in [2.75, 3.05) is 11.5 Å². The number of carbonyl (C=O) groups is 1. The van der Waals surface area contributed by atoms with Crippen LogP contribution in [-0.4, -0.2) is 38.0 Å². The minimum absolute atomic E-state index is 0.123. The molecule has 1 saturated heterocycles. The Bertz CT molecular complexity index is 682. The van der Waals surface area contributed by atoms with Crippen molar-refractivity contribution in [1.82, 2.24) is 5.32 Å². The molecular formula is C15H16F3NO3S. The summed E-state index contributed by atoms with van der Waals surface area (Å²) >= 11 is 0. The summed E-state index contributed by atoms with van der Waals surface area (Å²) in [5.41, 5.74) is -1.03. The lowest BCUT2D eigenvalue weighted by molar-refractivity contribution is -0.130. The van der Waals surface area contributed by atoms with Gasteiger partial charge in [-0.2, -0.15) is 13.2 Å². The molecule has 1 fully saturated rings. The third-order valence-corrected chi connectivity index (χ3v) is 5.27. The predicted molar refractivity (Wildman–Crippen MR) is 80.3 cm³/mol. The molecule has 23 heavy (non-hydrogen) atoms. The van der Waals surface area contributed by atoms with E-state index in [4.69, 9.17) is 0 Å². The van der Waals surface area contributed by atoms with Crippen LogP contribution in [0.15, 0.2) is 35.9 Å². The number of nitrogens with one attached hydrogen (secondary N) is 1. The first-order valence-electron chi connectivity index (χ1n) is 7.02. The largest absolute Gasteiger partial charge is 0.421 e. The van der Waals surface area contributed by atoms with Crippen LogP contribution in [-0.2, 0) is 14.6 Å². The Balaban J connectivity index is 2.14. The number of rotatable bonds is 3. The number of amides is 1. The smallest absolute Gasteiger partial charge is 0.349 e. The van der Waals surface area contributed by atoms with Crippen molar-refractivity contribution in [1.29, 1.82) is 0 Å². The van der Waals surface area contributed by atoms with Crippen LogP contribution in [0, 0.1) is 0 Å². The van der Waals surface area contributed by atoms with Crippen LogP contribution >= 0.6 is 0 Å². The number of sulfone groups is 1. The maximum Gasteiger partial charge on any atom is 0.421 e. The lowest BCUT2D eigenvalue weighted by Gasteiger charge is -2.24. The van der Waals surface area contributed by atoms with Crippen LogP contribution in [0.5, 0.6) is 0 Å². The molecule has 0 unspecified atom stereocenters. The Labute approximate surface area is 132 Å². The number of alkyl halides is 3. The third-order valence-electron chi connectivity index (χ3n) is 3.55. The average molecular weight is 347 g/mol. The highest BCUT2D eigenvalue weighted by Crippen LogP contribution is 2.28. The lowest BCUT2D eigenvalue weighted by Crippen LogP contribution is -2.43. The summed E-state index contributed by atoms with van der Waals surface area (Å²) in [5.74, 6) is -1.48. The Morgan fingerprint density at radius 2 is 1.70 bits per heavy atom. The van der Waals surface area contributed by atoms with E-state index in [0.717, 1.165) is 6.08 Å².